The van der Waals surface area contributed by atoms with E-state index in [1.54, 1.807) is 0 Å². The fourth-order valence-corrected chi connectivity index (χ4v) is 2.75. The molecular weight excluding hydrogens is 178 g/mol. The largest absolute Gasteiger partial charge is 0.395 e. The van der Waals surface area contributed by atoms with E-state index in [4.69, 9.17) is 10.9 Å². The average Bonchev–Trinajstić information content (AvgIpc) is 1.94. The zero-order valence-corrected chi connectivity index (χ0v) is 9.75. The normalized spacial score (nSPS) is 27.9. The third kappa shape index (κ3) is 2.25. The Hall–Kier alpha value is -0.160. The maximum Gasteiger partial charge on any atom is 0.0558 e. The molecule has 0 bridgehead atoms. The Morgan fingerprint density at radius 1 is 1.14 bits per heavy atom. The van der Waals surface area contributed by atoms with E-state index in [1.807, 2.05) is 5.01 Å². The minimum Gasteiger partial charge on any atom is -0.395 e. The molecular formula is C10H23N3O. The first-order valence-electron chi connectivity index (χ1n) is 5.18. The summed E-state index contributed by atoms with van der Waals surface area (Å²) in [4.78, 5) is 2.34. The molecule has 0 radical (unpaired) electrons. The summed E-state index contributed by atoms with van der Waals surface area (Å²) in [6.07, 6.45) is 0. The number of rotatable bonds is 2. The van der Waals surface area contributed by atoms with Crippen LogP contribution in [-0.4, -0.2) is 52.3 Å². The topological polar surface area (TPSA) is 52.7 Å². The number of aliphatic hydroxyl groups is 1. The predicted octanol–water partition coefficient (Wildman–Crippen LogP) is 0.0272. The first kappa shape index (κ1) is 11.9. The average molecular weight is 201 g/mol. The minimum absolute atomic E-state index is 0.0270. The van der Waals surface area contributed by atoms with Crippen molar-refractivity contribution in [1.29, 1.82) is 0 Å². The molecule has 1 aliphatic heterocycles. The van der Waals surface area contributed by atoms with Crippen molar-refractivity contribution in [3.05, 3.63) is 0 Å². The first-order valence-corrected chi connectivity index (χ1v) is 5.18. The third-order valence-electron chi connectivity index (χ3n) is 2.97. The van der Waals surface area contributed by atoms with Gasteiger partial charge in [0.2, 0.25) is 0 Å². The molecule has 1 saturated heterocycles. The van der Waals surface area contributed by atoms with Crippen LogP contribution < -0.4 is 5.84 Å². The maximum absolute atomic E-state index is 9.06. The molecule has 0 saturated carbocycles. The van der Waals surface area contributed by atoms with Gasteiger partial charge < -0.3 is 5.11 Å². The summed E-state index contributed by atoms with van der Waals surface area (Å²) in [6.45, 7) is 11.3. The SMILES string of the molecule is CC1(C)CN(N)CC(C)(C)N1CCO. The van der Waals surface area contributed by atoms with E-state index in [2.05, 4.69) is 32.6 Å². The minimum atomic E-state index is 0.0270. The Bertz CT molecular complexity index is 186. The van der Waals surface area contributed by atoms with E-state index in [0.717, 1.165) is 13.1 Å². The second-order valence-corrected chi connectivity index (χ2v) is 5.41. The summed E-state index contributed by atoms with van der Waals surface area (Å²) in [5.41, 5.74) is 0.0540. The molecule has 0 amide bonds. The highest BCUT2D eigenvalue weighted by Gasteiger charge is 2.43. The van der Waals surface area contributed by atoms with Crippen molar-refractivity contribution in [2.24, 2.45) is 5.84 Å². The Balaban J connectivity index is 2.85. The number of hydrogen-bond donors (Lipinski definition) is 2. The molecule has 1 heterocycles. The van der Waals surface area contributed by atoms with Gasteiger partial charge in [-0.25, -0.2) is 5.01 Å². The quantitative estimate of drug-likeness (QED) is 0.619. The van der Waals surface area contributed by atoms with E-state index in [0.29, 0.717) is 6.54 Å². The van der Waals surface area contributed by atoms with E-state index in [9.17, 15) is 0 Å². The van der Waals surface area contributed by atoms with Crippen molar-refractivity contribution < 1.29 is 5.11 Å². The summed E-state index contributed by atoms with van der Waals surface area (Å²) in [7, 11) is 0. The molecule has 0 aromatic heterocycles. The van der Waals surface area contributed by atoms with Gasteiger partial charge in [-0.2, -0.15) is 0 Å². The van der Waals surface area contributed by atoms with Gasteiger partial charge in [0.15, 0.2) is 0 Å². The van der Waals surface area contributed by atoms with Gasteiger partial charge in [-0.05, 0) is 27.7 Å². The van der Waals surface area contributed by atoms with Gasteiger partial charge in [0.25, 0.3) is 0 Å². The van der Waals surface area contributed by atoms with Gasteiger partial charge in [0.05, 0.1) is 6.61 Å². The van der Waals surface area contributed by atoms with Gasteiger partial charge in [-0.3, -0.25) is 10.7 Å². The molecule has 0 spiro atoms. The molecule has 1 rings (SSSR count). The van der Waals surface area contributed by atoms with Crippen LogP contribution in [0.25, 0.3) is 0 Å². The molecule has 0 aliphatic carbocycles. The van der Waals surface area contributed by atoms with E-state index in [1.165, 1.54) is 0 Å². The second kappa shape index (κ2) is 3.77. The lowest BCUT2D eigenvalue weighted by molar-refractivity contribution is -0.0752. The van der Waals surface area contributed by atoms with E-state index >= 15 is 0 Å². The van der Waals surface area contributed by atoms with Gasteiger partial charge >= 0.3 is 0 Å². The van der Waals surface area contributed by atoms with E-state index in [-0.39, 0.29) is 17.7 Å². The molecule has 4 heteroatoms. The monoisotopic (exact) mass is 201 g/mol. The number of piperazine rings is 1. The summed E-state index contributed by atoms with van der Waals surface area (Å²) >= 11 is 0. The van der Waals surface area contributed by atoms with Gasteiger partial charge in [0, 0.05) is 30.7 Å². The van der Waals surface area contributed by atoms with Crippen molar-refractivity contribution in [1.82, 2.24) is 9.91 Å². The lowest BCUT2D eigenvalue weighted by Gasteiger charge is -2.55. The Morgan fingerprint density at radius 2 is 1.57 bits per heavy atom. The Morgan fingerprint density at radius 3 is 1.93 bits per heavy atom. The van der Waals surface area contributed by atoms with Crippen molar-refractivity contribution in [2.75, 3.05) is 26.2 Å². The highest BCUT2D eigenvalue weighted by molar-refractivity contribution is 4.99. The van der Waals surface area contributed by atoms with Crippen molar-refractivity contribution in [3.8, 4) is 0 Å². The lowest BCUT2D eigenvalue weighted by atomic mass is 9.88. The molecule has 1 aliphatic rings. The van der Waals surface area contributed by atoms with Crippen LogP contribution in [-0.2, 0) is 0 Å². The van der Waals surface area contributed by atoms with Gasteiger partial charge in [-0.1, -0.05) is 0 Å². The number of nitrogens with zero attached hydrogens (tertiary/aromatic N) is 2. The van der Waals surface area contributed by atoms with Crippen LogP contribution in [0.1, 0.15) is 27.7 Å². The number of β-amino-alcohol motifs (C(OH)–C–C–N with tert-alkyl or cyclic N) is 1. The molecule has 0 aromatic rings. The molecule has 14 heavy (non-hydrogen) atoms. The van der Waals surface area contributed by atoms with Crippen LogP contribution in [0.4, 0.5) is 0 Å². The van der Waals surface area contributed by atoms with Crippen LogP contribution >= 0.6 is 0 Å². The Labute approximate surface area is 86.6 Å². The standard InChI is InChI=1S/C10H23N3O/c1-9(2)7-12(11)8-10(3,4)13(9)5-6-14/h14H,5-8,11H2,1-4H3. The highest BCUT2D eigenvalue weighted by atomic mass is 16.3. The molecule has 84 valence electrons. The summed E-state index contributed by atoms with van der Waals surface area (Å²) < 4.78 is 0. The maximum atomic E-state index is 9.06. The summed E-state index contributed by atoms with van der Waals surface area (Å²) in [5, 5.41) is 10.9. The Kier molecular flexibility index (Phi) is 3.21. The van der Waals surface area contributed by atoms with Crippen LogP contribution in [0.15, 0.2) is 0 Å². The van der Waals surface area contributed by atoms with Crippen molar-refractivity contribution >= 4 is 0 Å². The van der Waals surface area contributed by atoms with Crippen LogP contribution in [0.2, 0.25) is 0 Å². The molecule has 0 unspecified atom stereocenters. The number of nitrogens with two attached hydrogens (primary N) is 1. The van der Waals surface area contributed by atoms with E-state index < -0.39 is 0 Å². The molecule has 3 N–H and O–H groups in total. The molecule has 4 nitrogen and oxygen atoms in total. The predicted molar refractivity (Wildman–Crippen MR) is 57.7 cm³/mol. The molecule has 1 fully saturated rings. The first-order chi connectivity index (χ1) is 6.29. The highest BCUT2D eigenvalue weighted by Crippen LogP contribution is 2.30. The van der Waals surface area contributed by atoms with Crippen molar-refractivity contribution in [2.45, 2.75) is 38.8 Å². The third-order valence-corrected chi connectivity index (χ3v) is 2.97. The number of hydrogen-bond acceptors (Lipinski definition) is 4. The number of hydrazine groups is 1. The van der Waals surface area contributed by atoms with Crippen LogP contribution in [0.5, 0.6) is 0 Å². The zero-order valence-electron chi connectivity index (χ0n) is 9.75. The van der Waals surface area contributed by atoms with Crippen molar-refractivity contribution in [3.63, 3.8) is 0 Å². The second-order valence-electron chi connectivity index (χ2n) is 5.41. The van der Waals surface area contributed by atoms with Gasteiger partial charge in [0.1, 0.15) is 0 Å². The lowest BCUT2D eigenvalue weighted by Crippen LogP contribution is -2.70. The summed E-state index contributed by atoms with van der Waals surface area (Å²) in [6, 6.07) is 0. The van der Waals surface area contributed by atoms with Crippen LogP contribution in [0, 0.1) is 0 Å². The number of aliphatic hydroxyl groups excluding tert-OH is 1. The molecule has 0 atom stereocenters. The van der Waals surface area contributed by atoms with Gasteiger partial charge in [-0.15, -0.1) is 0 Å². The zero-order chi connectivity index (χ0) is 11.0. The van der Waals surface area contributed by atoms with Crippen LogP contribution in [0.3, 0.4) is 0 Å². The fraction of sp³-hybridized carbons (Fsp3) is 1.00. The smallest absolute Gasteiger partial charge is 0.0558 e. The summed E-state index contributed by atoms with van der Waals surface area (Å²) in [5.74, 6) is 5.89. The fourth-order valence-electron chi connectivity index (χ4n) is 2.75. The molecule has 0 aromatic carbocycles.